The summed E-state index contributed by atoms with van der Waals surface area (Å²) in [4.78, 5) is 2.27. The first-order valence-electron chi connectivity index (χ1n) is 7.04. The number of nitrogens with zero attached hydrogens (tertiary/aromatic N) is 2. The first-order chi connectivity index (χ1) is 9.92. The Morgan fingerprint density at radius 3 is 2.48 bits per heavy atom. The molecule has 2 N–H and O–H groups in total. The number of ether oxygens (including phenoxy) is 1. The van der Waals surface area contributed by atoms with Crippen molar-refractivity contribution in [3.05, 3.63) is 24.3 Å². The van der Waals surface area contributed by atoms with Gasteiger partial charge >= 0.3 is 6.36 Å². The van der Waals surface area contributed by atoms with Crippen LogP contribution in [-0.4, -0.2) is 37.0 Å². The third kappa shape index (κ3) is 3.24. The van der Waals surface area contributed by atoms with Gasteiger partial charge in [-0.3, -0.25) is 5.84 Å². The summed E-state index contributed by atoms with van der Waals surface area (Å²) in [6.07, 6.45) is -2.59. The van der Waals surface area contributed by atoms with E-state index in [1.54, 1.807) is 12.1 Å². The van der Waals surface area contributed by atoms with Crippen LogP contribution in [0.1, 0.15) is 12.8 Å². The Bertz CT molecular complexity index is 491. The molecule has 2 saturated heterocycles. The number of hydrogen-bond donors (Lipinski definition) is 1. The Morgan fingerprint density at radius 1 is 1.10 bits per heavy atom. The van der Waals surface area contributed by atoms with E-state index in [1.165, 1.54) is 12.1 Å². The Balaban J connectivity index is 1.70. The van der Waals surface area contributed by atoms with Crippen LogP contribution in [0.5, 0.6) is 5.75 Å². The van der Waals surface area contributed by atoms with E-state index in [9.17, 15) is 13.2 Å². The molecular formula is C14H18F3N3O. The molecule has 21 heavy (non-hydrogen) atoms. The summed E-state index contributed by atoms with van der Waals surface area (Å²) in [7, 11) is 0. The molecule has 2 heterocycles. The van der Waals surface area contributed by atoms with Crippen molar-refractivity contribution in [2.24, 2.45) is 11.8 Å². The number of alkyl halides is 3. The molecule has 1 aromatic carbocycles. The van der Waals surface area contributed by atoms with Crippen LogP contribution >= 0.6 is 0 Å². The monoisotopic (exact) mass is 301 g/mol. The highest BCUT2D eigenvalue weighted by Gasteiger charge is 2.37. The fourth-order valence-corrected chi connectivity index (χ4v) is 3.37. The largest absolute Gasteiger partial charge is 0.573 e. The number of hydrogen-bond acceptors (Lipinski definition) is 4. The van der Waals surface area contributed by atoms with Crippen LogP contribution in [0.15, 0.2) is 24.3 Å². The van der Waals surface area contributed by atoms with Gasteiger partial charge in [-0.05, 0) is 43.0 Å². The lowest BCUT2D eigenvalue weighted by atomic mass is 9.93. The molecule has 0 spiro atoms. The quantitative estimate of drug-likeness (QED) is 0.852. The smallest absolute Gasteiger partial charge is 0.406 e. The van der Waals surface area contributed by atoms with Crippen molar-refractivity contribution in [1.29, 1.82) is 0 Å². The highest BCUT2D eigenvalue weighted by Crippen LogP contribution is 2.35. The molecule has 2 fully saturated rings. The molecule has 7 heteroatoms. The molecular weight excluding hydrogens is 283 g/mol. The minimum absolute atomic E-state index is 0.182. The van der Waals surface area contributed by atoms with Crippen molar-refractivity contribution >= 4 is 5.69 Å². The van der Waals surface area contributed by atoms with E-state index >= 15 is 0 Å². The average Bonchev–Trinajstić information content (AvgIpc) is 2.80. The number of fused-ring (bicyclic) bond motifs is 1. The van der Waals surface area contributed by atoms with Gasteiger partial charge in [-0.25, -0.2) is 5.01 Å². The molecule has 0 radical (unpaired) electrons. The molecule has 0 aliphatic carbocycles. The normalized spacial score (nSPS) is 26.8. The molecule has 0 unspecified atom stereocenters. The van der Waals surface area contributed by atoms with Gasteiger partial charge in [0.25, 0.3) is 0 Å². The maximum absolute atomic E-state index is 12.2. The van der Waals surface area contributed by atoms with Crippen molar-refractivity contribution in [2.45, 2.75) is 25.2 Å². The second-order valence-corrected chi connectivity index (χ2v) is 5.63. The molecule has 3 rings (SSSR count). The number of piperidine rings is 1. The number of benzene rings is 1. The predicted molar refractivity (Wildman–Crippen MR) is 72.7 cm³/mol. The average molecular weight is 301 g/mol. The Kier molecular flexibility index (Phi) is 3.71. The second-order valence-electron chi connectivity index (χ2n) is 5.63. The Hall–Kier alpha value is -1.47. The van der Waals surface area contributed by atoms with Crippen molar-refractivity contribution in [1.82, 2.24) is 5.01 Å². The summed E-state index contributed by atoms with van der Waals surface area (Å²) in [5.74, 6) is 6.20. The van der Waals surface area contributed by atoms with Crippen molar-refractivity contribution in [3.63, 3.8) is 0 Å². The van der Waals surface area contributed by atoms with E-state index in [4.69, 9.17) is 5.84 Å². The van der Waals surface area contributed by atoms with Crippen LogP contribution in [0.25, 0.3) is 0 Å². The maximum Gasteiger partial charge on any atom is 0.573 e. The lowest BCUT2D eigenvalue weighted by molar-refractivity contribution is -0.274. The van der Waals surface area contributed by atoms with E-state index < -0.39 is 6.36 Å². The van der Waals surface area contributed by atoms with E-state index in [-0.39, 0.29) is 5.75 Å². The molecule has 4 nitrogen and oxygen atoms in total. The minimum Gasteiger partial charge on any atom is -0.406 e. The lowest BCUT2D eigenvalue weighted by Gasteiger charge is -2.36. The molecule has 2 aliphatic rings. The molecule has 1 aromatic rings. The fourth-order valence-electron chi connectivity index (χ4n) is 3.37. The first kappa shape index (κ1) is 14.5. The molecule has 0 aromatic heterocycles. The first-order valence-corrected chi connectivity index (χ1v) is 7.04. The van der Waals surface area contributed by atoms with Crippen LogP contribution in [0.3, 0.4) is 0 Å². The fraction of sp³-hybridized carbons (Fsp3) is 0.571. The molecule has 2 atom stereocenters. The van der Waals surface area contributed by atoms with E-state index in [2.05, 4.69) is 9.64 Å². The molecule has 116 valence electrons. The third-order valence-corrected chi connectivity index (χ3v) is 4.27. The molecule has 2 aliphatic heterocycles. The number of anilines is 1. The summed E-state index contributed by atoms with van der Waals surface area (Å²) in [6, 6.07) is 6.55. The number of hydrazine groups is 1. The molecule has 0 bridgehead atoms. The van der Waals surface area contributed by atoms with Crippen molar-refractivity contribution in [3.8, 4) is 5.75 Å². The van der Waals surface area contributed by atoms with Gasteiger partial charge in [0.1, 0.15) is 5.75 Å². The van der Waals surface area contributed by atoms with Gasteiger partial charge in [0, 0.05) is 31.4 Å². The van der Waals surface area contributed by atoms with Crippen molar-refractivity contribution < 1.29 is 17.9 Å². The minimum atomic E-state index is -4.64. The van der Waals surface area contributed by atoms with Gasteiger partial charge in [-0.1, -0.05) is 0 Å². The zero-order valence-electron chi connectivity index (χ0n) is 11.5. The van der Waals surface area contributed by atoms with Gasteiger partial charge in [-0.15, -0.1) is 13.2 Å². The maximum atomic E-state index is 12.2. The summed E-state index contributed by atoms with van der Waals surface area (Å²) >= 11 is 0. The number of nitrogens with two attached hydrogens (primary N) is 1. The van der Waals surface area contributed by atoms with Crippen LogP contribution in [-0.2, 0) is 0 Å². The van der Waals surface area contributed by atoms with Gasteiger partial charge < -0.3 is 9.64 Å². The molecule has 0 amide bonds. The van der Waals surface area contributed by atoms with Gasteiger partial charge in [0.05, 0.1) is 0 Å². The van der Waals surface area contributed by atoms with Crippen LogP contribution in [0, 0.1) is 5.92 Å². The van der Waals surface area contributed by atoms with E-state index in [0.29, 0.717) is 12.0 Å². The second kappa shape index (κ2) is 5.38. The third-order valence-electron chi connectivity index (χ3n) is 4.27. The van der Waals surface area contributed by atoms with Gasteiger partial charge in [0.15, 0.2) is 0 Å². The SMILES string of the molecule is NN1CC[C@@H]2[C@@H](CCN2c2ccc(OC(F)(F)F)cc2)C1. The standard InChI is InChI=1S/C14H18F3N3O/c15-14(16,17)21-12-3-1-11(2-4-12)20-8-5-10-9-19(18)7-6-13(10)20/h1-4,10,13H,5-9,18H2/t10-,13+/m0/s1. The highest BCUT2D eigenvalue weighted by atomic mass is 19.4. The summed E-state index contributed by atoms with van der Waals surface area (Å²) in [5.41, 5.74) is 0.947. The van der Waals surface area contributed by atoms with Gasteiger partial charge in [-0.2, -0.15) is 0 Å². The van der Waals surface area contributed by atoms with Crippen molar-refractivity contribution in [2.75, 3.05) is 24.5 Å². The van der Waals surface area contributed by atoms with E-state index in [0.717, 1.165) is 38.2 Å². The number of halogens is 3. The van der Waals surface area contributed by atoms with E-state index in [1.807, 2.05) is 5.01 Å². The van der Waals surface area contributed by atoms with Gasteiger partial charge in [0.2, 0.25) is 0 Å². The summed E-state index contributed by atoms with van der Waals surface area (Å²) in [5, 5.41) is 1.85. The molecule has 0 saturated carbocycles. The number of rotatable bonds is 2. The highest BCUT2D eigenvalue weighted by molar-refractivity contribution is 5.51. The van der Waals surface area contributed by atoms with Crippen LogP contribution in [0.2, 0.25) is 0 Å². The van der Waals surface area contributed by atoms with Crippen LogP contribution in [0.4, 0.5) is 18.9 Å². The zero-order valence-corrected chi connectivity index (χ0v) is 11.5. The lowest BCUT2D eigenvalue weighted by Crippen LogP contribution is -2.48. The predicted octanol–water partition coefficient (Wildman–Crippen LogP) is 2.36. The Labute approximate surface area is 121 Å². The van der Waals surface area contributed by atoms with Crippen LogP contribution < -0.4 is 15.5 Å². The topological polar surface area (TPSA) is 41.7 Å². The summed E-state index contributed by atoms with van der Waals surface area (Å²) in [6.45, 7) is 2.66. The summed E-state index contributed by atoms with van der Waals surface area (Å²) < 4.78 is 40.4. The zero-order chi connectivity index (χ0) is 15.0. The Morgan fingerprint density at radius 2 is 1.81 bits per heavy atom.